The van der Waals surface area contributed by atoms with Gasteiger partial charge in [-0.15, -0.1) is 0 Å². The number of anilines is 1. The molecule has 1 rings (SSSR count). The minimum absolute atomic E-state index is 0.520. The SMILES string of the molecule is CCC(Nc1cc(C)ccc1OC)C(=O)O. The summed E-state index contributed by atoms with van der Waals surface area (Å²) in [5.74, 6) is -0.198. The molecule has 0 aliphatic carbocycles. The van der Waals surface area contributed by atoms with Crippen LogP contribution in [0.3, 0.4) is 0 Å². The Morgan fingerprint density at radius 3 is 2.75 bits per heavy atom. The second-order valence-electron chi connectivity index (χ2n) is 3.65. The predicted octanol–water partition coefficient (Wildman–Crippen LogP) is 2.28. The van der Waals surface area contributed by atoms with E-state index < -0.39 is 12.0 Å². The van der Waals surface area contributed by atoms with Gasteiger partial charge in [0, 0.05) is 0 Å². The van der Waals surface area contributed by atoms with Gasteiger partial charge in [0.15, 0.2) is 0 Å². The average molecular weight is 223 g/mol. The van der Waals surface area contributed by atoms with Gasteiger partial charge < -0.3 is 15.2 Å². The Balaban J connectivity index is 2.93. The molecule has 0 aliphatic rings. The highest BCUT2D eigenvalue weighted by Crippen LogP contribution is 2.26. The molecule has 0 saturated heterocycles. The number of benzene rings is 1. The summed E-state index contributed by atoms with van der Waals surface area (Å²) in [5.41, 5.74) is 1.78. The quantitative estimate of drug-likeness (QED) is 0.804. The van der Waals surface area contributed by atoms with Crippen molar-refractivity contribution in [1.82, 2.24) is 0 Å². The van der Waals surface area contributed by atoms with E-state index >= 15 is 0 Å². The van der Waals surface area contributed by atoms with E-state index in [1.165, 1.54) is 0 Å². The molecule has 0 saturated carbocycles. The van der Waals surface area contributed by atoms with E-state index in [4.69, 9.17) is 9.84 Å². The lowest BCUT2D eigenvalue weighted by Gasteiger charge is -2.16. The van der Waals surface area contributed by atoms with Crippen LogP contribution in [0.1, 0.15) is 18.9 Å². The van der Waals surface area contributed by atoms with Crippen LogP contribution < -0.4 is 10.1 Å². The number of carbonyl (C=O) groups is 1. The van der Waals surface area contributed by atoms with Gasteiger partial charge in [-0.2, -0.15) is 0 Å². The van der Waals surface area contributed by atoms with Gasteiger partial charge in [0.1, 0.15) is 11.8 Å². The lowest BCUT2D eigenvalue weighted by atomic mass is 10.1. The molecule has 4 nitrogen and oxygen atoms in total. The summed E-state index contributed by atoms with van der Waals surface area (Å²) in [7, 11) is 1.57. The molecule has 2 N–H and O–H groups in total. The number of aliphatic carboxylic acids is 1. The molecule has 0 spiro atoms. The number of hydrogen-bond donors (Lipinski definition) is 2. The molecule has 16 heavy (non-hydrogen) atoms. The lowest BCUT2D eigenvalue weighted by Crippen LogP contribution is -2.28. The molecular weight excluding hydrogens is 206 g/mol. The molecular formula is C12H17NO3. The first kappa shape index (κ1) is 12.4. The topological polar surface area (TPSA) is 58.6 Å². The lowest BCUT2D eigenvalue weighted by molar-refractivity contribution is -0.137. The zero-order valence-electron chi connectivity index (χ0n) is 9.78. The maximum atomic E-state index is 10.9. The number of ether oxygens (including phenoxy) is 1. The molecule has 0 heterocycles. The Morgan fingerprint density at radius 1 is 1.56 bits per heavy atom. The summed E-state index contributed by atoms with van der Waals surface area (Å²) in [6.45, 7) is 3.78. The molecule has 1 aromatic rings. The summed E-state index contributed by atoms with van der Waals surface area (Å²) < 4.78 is 5.17. The number of carboxylic acid groups (broad SMARTS) is 1. The number of aryl methyl sites for hydroxylation is 1. The maximum absolute atomic E-state index is 10.9. The molecule has 0 bridgehead atoms. The van der Waals surface area contributed by atoms with Gasteiger partial charge >= 0.3 is 5.97 Å². The molecule has 0 amide bonds. The number of rotatable bonds is 5. The van der Waals surface area contributed by atoms with Gasteiger partial charge in [-0.05, 0) is 31.0 Å². The van der Waals surface area contributed by atoms with Crippen LogP contribution in [0.4, 0.5) is 5.69 Å². The molecule has 4 heteroatoms. The Hall–Kier alpha value is -1.71. The van der Waals surface area contributed by atoms with Gasteiger partial charge in [-0.25, -0.2) is 4.79 Å². The molecule has 0 aromatic heterocycles. The smallest absolute Gasteiger partial charge is 0.326 e. The van der Waals surface area contributed by atoms with E-state index in [0.29, 0.717) is 12.2 Å². The van der Waals surface area contributed by atoms with Gasteiger partial charge in [0.05, 0.1) is 12.8 Å². The highest BCUT2D eigenvalue weighted by Gasteiger charge is 2.16. The third-order valence-corrected chi connectivity index (χ3v) is 2.39. The number of methoxy groups -OCH3 is 1. The van der Waals surface area contributed by atoms with Crippen molar-refractivity contribution in [1.29, 1.82) is 0 Å². The molecule has 0 radical (unpaired) electrons. The summed E-state index contributed by atoms with van der Waals surface area (Å²) in [5, 5.41) is 11.9. The van der Waals surface area contributed by atoms with Crippen LogP contribution >= 0.6 is 0 Å². The van der Waals surface area contributed by atoms with Crippen molar-refractivity contribution in [3.05, 3.63) is 23.8 Å². The number of hydrogen-bond acceptors (Lipinski definition) is 3. The first-order valence-corrected chi connectivity index (χ1v) is 5.22. The van der Waals surface area contributed by atoms with E-state index in [1.54, 1.807) is 7.11 Å². The Bertz CT molecular complexity index is 377. The molecule has 1 atom stereocenters. The Kier molecular flexibility index (Phi) is 4.17. The van der Waals surface area contributed by atoms with Crippen molar-refractivity contribution >= 4 is 11.7 Å². The Morgan fingerprint density at radius 2 is 2.25 bits per heavy atom. The molecule has 0 aliphatic heterocycles. The highest BCUT2D eigenvalue weighted by molar-refractivity contribution is 5.78. The fourth-order valence-corrected chi connectivity index (χ4v) is 1.46. The summed E-state index contributed by atoms with van der Waals surface area (Å²) in [4.78, 5) is 10.9. The maximum Gasteiger partial charge on any atom is 0.326 e. The zero-order valence-corrected chi connectivity index (χ0v) is 9.78. The van der Waals surface area contributed by atoms with Gasteiger partial charge in [-0.1, -0.05) is 13.0 Å². The number of nitrogens with one attached hydrogen (secondary N) is 1. The number of carboxylic acids is 1. The van der Waals surface area contributed by atoms with Crippen LogP contribution in [0, 0.1) is 6.92 Å². The van der Waals surface area contributed by atoms with Crippen LogP contribution in [0.15, 0.2) is 18.2 Å². The summed E-state index contributed by atoms with van der Waals surface area (Å²) in [6, 6.07) is 5.04. The van der Waals surface area contributed by atoms with Crippen molar-refractivity contribution < 1.29 is 14.6 Å². The van der Waals surface area contributed by atoms with Gasteiger partial charge in [0.2, 0.25) is 0 Å². The third kappa shape index (κ3) is 2.89. The van der Waals surface area contributed by atoms with Crippen LogP contribution in [0.25, 0.3) is 0 Å². The third-order valence-electron chi connectivity index (χ3n) is 2.39. The second-order valence-corrected chi connectivity index (χ2v) is 3.65. The van der Waals surface area contributed by atoms with Crippen molar-refractivity contribution in [3.8, 4) is 5.75 Å². The van der Waals surface area contributed by atoms with E-state index in [1.807, 2.05) is 32.0 Å². The van der Waals surface area contributed by atoms with Crippen molar-refractivity contribution in [2.45, 2.75) is 26.3 Å². The molecule has 1 unspecified atom stereocenters. The van der Waals surface area contributed by atoms with E-state index in [-0.39, 0.29) is 0 Å². The van der Waals surface area contributed by atoms with E-state index in [2.05, 4.69) is 5.32 Å². The van der Waals surface area contributed by atoms with Crippen molar-refractivity contribution in [3.63, 3.8) is 0 Å². The highest BCUT2D eigenvalue weighted by atomic mass is 16.5. The fourth-order valence-electron chi connectivity index (χ4n) is 1.46. The van der Waals surface area contributed by atoms with E-state index in [9.17, 15) is 4.79 Å². The molecule has 0 fully saturated rings. The minimum atomic E-state index is -0.856. The van der Waals surface area contributed by atoms with Crippen molar-refractivity contribution in [2.24, 2.45) is 0 Å². The van der Waals surface area contributed by atoms with Crippen LogP contribution in [0.2, 0.25) is 0 Å². The Labute approximate surface area is 95.2 Å². The van der Waals surface area contributed by atoms with Gasteiger partial charge in [0.25, 0.3) is 0 Å². The van der Waals surface area contributed by atoms with Crippen LogP contribution in [0.5, 0.6) is 5.75 Å². The summed E-state index contributed by atoms with van der Waals surface area (Å²) in [6.07, 6.45) is 0.520. The molecule has 1 aromatic carbocycles. The summed E-state index contributed by atoms with van der Waals surface area (Å²) >= 11 is 0. The first-order valence-electron chi connectivity index (χ1n) is 5.22. The van der Waals surface area contributed by atoms with Crippen LogP contribution in [-0.4, -0.2) is 24.2 Å². The molecule has 88 valence electrons. The minimum Gasteiger partial charge on any atom is -0.495 e. The normalized spacial score (nSPS) is 11.9. The second kappa shape index (κ2) is 5.39. The monoisotopic (exact) mass is 223 g/mol. The first-order chi connectivity index (χ1) is 7.58. The standard InChI is InChI=1S/C12H17NO3/c1-4-9(12(14)15)13-10-7-8(2)5-6-11(10)16-3/h5-7,9,13H,4H2,1-3H3,(H,14,15). The van der Waals surface area contributed by atoms with E-state index in [0.717, 1.165) is 11.3 Å². The largest absolute Gasteiger partial charge is 0.495 e. The van der Waals surface area contributed by atoms with Crippen LogP contribution in [-0.2, 0) is 4.79 Å². The van der Waals surface area contributed by atoms with Crippen molar-refractivity contribution in [2.75, 3.05) is 12.4 Å². The fraction of sp³-hybridized carbons (Fsp3) is 0.417. The predicted molar refractivity (Wildman–Crippen MR) is 63.1 cm³/mol. The average Bonchev–Trinajstić information content (AvgIpc) is 2.25. The van der Waals surface area contributed by atoms with Gasteiger partial charge in [-0.3, -0.25) is 0 Å². The zero-order chi connectivity index (χ0) is 12.1.